The van der Waals surface area contributed by atoms with Crippen LogP contribution >= 0.6 is 23.8 Å². The zero-order valence-electron chi connectivity index (χ0n) is 19.5. The number of pyridine rings is 1. The minimum Gasteiger partial charge on any atom is -0.352 e. The molecule has 1 fully saturated rings. The SMILES string of the molecule is Cc1ccc(Cl)cc1-n1c(C)cc([C@H]2[C@H](c3ccccn3)NC(=S)N2Cc2ccccc2)c1C. The van der Waals surface area contributed by atoms with Crippen LogP contribution in [0.4, 0.5) is 0 Å². The normalized spacial score (nSPS) is 17.8. The Kier molecular flexibility index (Phi) is 6.15. The van der Waals surface area contributed by atoms with Gasteiger partial charge in [0.2, 0.25) is 0 Å². The van der Waals surface area contributed by atoms with E-state index in [4.69, 9.17) is 23.8 Å². The molecular weight excluding hydrogens is 460 g/mol. The molecule has 2 aromatic carbocycles. The van der Waals surface area contributed by atoms with Crippen molar-refractivity contribution in [2.45, 2.75) is 39.4 Å². The van der Waals surface area contributed by atoms with E-state index in [1.807, 2.05) is 36.5 Å². The van der Waals surface area contributed by atoms with Crippen molar-refractivity contribution in [3.8, 4) is 5.69 Å². The Morgan fingerprint density at radius 2 is 1.74 bits per heavy atom. The highest BCUT2D eigenvalue weighted by molar-refractivity contribution is 7.80. The summed E-state index contributed by atoms with van der Waals surface area (Å²) >= 11 is 12.3. The number of benzene rings is 2. The number of nitrogens with one attached hydrogen (secondary N) is 1. The second-order valence-corrected chi connectivity index (χ2v) is 9.66. The maximum absolute atomic E-state index is 6.38. The fourth-order valence-corrected chi connectivity index (χ4v) is 5.45. The topological polar surface area (TPSA) is 33.1 Å². The van der Waals surface area contributed by atoms with Gasteiger partial charge in [0.1, 0.15) is 0 Å². The summed E-state index contributed by atoms with van der Waals surface area (Å²) in [5.41, 5.74) is 8.06. The molecule has 6 heteroatoms. The summed E-state index contributed by atoms with van der Waals surface area (Å²) in [4.78, 5) is 6.97. The van der Waals surface area contributed by atoms with Gasteiger partial charge >= 0.3 is 0 Å². The van der Waals surface area contributed by atoms with Crippen LogP contribution in [0, 0.1) is 20.8 Å². The highest BCUT2D eigenvalue weighted by Gasteiger charge is 2.41. The van der Waals surface area contributed by atoms with Crippen LogP contribution in [0.15, 0.2) is 79.0 Å². The smallest absolute Gasteiger partial charge is 0.170 e. The van der Waals surface area contributed by atoms with Gasteiger partial charge in [0, 0.05) is 34.8 Å². The van der Waals surface area contributed by atoms with Crippen LogP contribution in [-0.2, 0) is 6.54 Å². The Bertz CT molecular complexity index is 1330. The molecule has 0 radical (unpaired) electrons. The Morgan fingerprint density at radius 3 is 2.47 bits per heavy atom. The highest BCUT2D eigenvalue weighted by atomic mass is 35.5. The third-order valence-corrected chi connectivity index (χ3v) is 7.18. The predicted octanol–water partition coefficient (Wildman–Crippen LogP) is 6.62. The van der Waals surface area contributed by atoms with Gasteiger partial charge in [-0.15, -0.1) is 0 Å². The van der Waals surface area contributed by atoms with E-state index in [0.29, 0.717) is 0 Å². The molecule has 2 aromatic heterocycles. The van der Waals surface area contributed by atoms with E-state index in [2.05, 4.69) is 83.0 Å². The Labute approximate surface area is 211 Å². The molecule has 1 aliphatic rings. The van der Waals surface area contributed by atoms with Gasteiger partial charge in [0.25, 0.3) is 0 Å². The summed E-state index contributed by atoms with van der Waals surface area (Å²) in [6.45, 7) is 7.17. The Morgan fingerprint density at radius 1 is 0.971 bits per heavy atom. The predicted molar refractivity (Wildman–Crippen MR) is 142 cm³/mol. The van der Waals surface area contributed by atoms with Crippen molar-refractivity contribution in [3.05, 3.63) is 118 Å². The number of halogens is 1. The molecule has 0 saturated carbocycles. The molecule has 0 spiro atoms. The summed E-state index contributed by atoms with van der Waals surface area (Å²) in [5.74, 6) is 0. The summed E-state index contributed by atoms with van der Waals surface area (Å²) in [7, 11) is 0. The van der Waals surface area contributed by atoms with E-state index in [1.54, 1.807) is 0 Å². The van der Waals surface area contributed by atoms with E-state index in [9.17, 15) is 0 Å². The van der Waals surface area contributed by atoms with Crippen molar-refractivity contribution in [2.24, 2.45) is 0 Å². The monoisotopic (exact) mass is 486 g/mol. The second kappa shape index (κ2) is 9.24. The largest absolute Gasteiger partial charge is 0.352 e. The Balaban J connectivity index is 1.64. The lowest BCUT2D eigenvalue weighted by atomic mass is 9.96. The van der Waals surface area contributed by atoms with Crippen molar-refractivity contribution in [1.29, 1.82) is 0 Å². The number of thiocarbonyl (C=S) groups is 1. The molecular formula is C28H27ClN4S. The van der Waals surface area contributed by atoms with Crippen molar-refractivity contribution in [3.63, 3.8) is 0 Å². The van der Waals surface area contributed by atoms with Crippen LogP contribution in [0.2, 0.25) is 5.02 Å². The van der Waals surface area contributed by atoms with Crippen LogP contribution in [0.5, 0.6) is 0 Å². The minimum absolute atomic E-state index is 0.00189. The molecule has 1 aliphatic heterocycles. The van der Waals surface area contributed by atoms with Crippen LogP contribution < -0.4 is 5.32 Å². The van der Waals surface area contributed by atoms with Gasteiger partial charge < -0.3 is 14.8 Å². The molecule has 2 atom stereocenters. The third-order valence-electron chi connectivity index (χ3n) is 6.59. The summed E-state index contributed by atoms with van der Waals surface area (Å²) in [6, 6.07) is 24.8. The molecule has 5 rings (SSSR count). The maximum Gasteiger partial charge on any atom is 0.170 e. The standard InChI is InChI=1S/C28H27ClN4S/c1-18-12-13-22(29)16-25(18)33-19(2)15-23(20(33)3)27-26(24-11-7-8-14-30-24)31-28(34)32(27)17-21-9-5-4-6-10-21/h4-16,26-27H,17H2,1-3H3,(H,31,34)/t26-,27-/m0/s1. The number of nitrogens with zero attached hydrogens (tertiary/aromatic N) is 3. The quantitative estimate of drug-likeness (QED) is 0.321. The van der Waals surface area contributed by atoms with Crippen molar-refractivity contribution in [1.82, 2.24) is 19.8 Å². The molecule has 3 heterocycles. The molecule has 0 amide bonds. The molecule has 1 N–H and O–H groups in total. The maximum atomic E-state index is 6.38. The van der Waals surface area contributed by atoms with Crippen LogP contribution in [0.1, 0.15) is 45.9 Å². The lowest BCUT2D eigenvalue weighted by Gasteiger charge is -2.28. The fraction of sp³-hybridized carbons (Fsp3) is 0.214. The molecule has 4 aromatic rings. The number of aromatic nitrogens is 2. The first-order valence-electron chi connectivity index (χ1n) is 11.4. The van der Waals surface area contributed by atoms with E-state index < -0.39 is 0 Å². The zero-order chi connectivity index (χ0) is 23.8. The van der Waals surface area contributed by atoms with Crippen LogP contribution in [0.25, 0.3) is 5.69 Å². The highest BCUT2D eigenvalue weighted by Crippen LogP contribution is 2.42. The summed E-state index contributed by atoms with van der Waals surface area (Å²) < 4.78 is 2.30. The van der Waals surface area contributed by atoms with Gasteiger partial charge in [0.05, 0.1) is 17.8 Å². The first-order chi connectivity index (χ1) is 16.4. The van der Waals surface area contributed by atoms with Crippen LogP contribution in [0.3, 0.4) is 0 Å². The van der Waals surface area contributed by atoms with E-state index in [1.165, 1.54) is 22.4 Å². The summed E-state index contributed by atoms with van der Waals surface area (Å²) in [6.07, 6.45) is 1.84. The number of aryl methyl sites for hydroxylation is 2. The fourth-order valence-electron chi connectivity index (χ4n) is 4.98. The van der Waals surface area contributed by atoms with E-state index >= 15 is 0 Å². The average molecular weight is 487 g/mol. The lowest BCUT2D eigenvalue weighted by molar-refractivity contribution is 0.310. The average Bonchev–Trinajstić information content (AvgIpc) is 3.31. The first kappa shape index (κ1) is 22.6. The zero-order valence-corrected chi connectivity index (χ0v) is 21.1. The third kappa shape index (κ3) is 4.10. The van der Waals surface area contributed by atoms with Crippen molar-refractivity contribution < 1.29 is 0 Å². The number of hydrogen-bond donors (Lipinski definition) is 1. The molecule has 0 bridgehead atoms. The van der Waals surface area contributed by atoms with Crippen molar-refractivity contribution >= 4 is 28.9 Å². The molecule has 1 saturated heterocycles. The molecule has 4 nitrogen and oxygen atoms in total. The van der Waals surface area contributed by atoms with E-state index in [-0.39, 0.29) is 12.1 Å². The van der Waals surface area contributed by atoms with Crippen molar-refractivity contribution in [2.75, 3.05) is 0 Å². The molecule has 0 aliphatic carbocycles. The van der Waals surface area contributed by atoms with Gasteiger partial charge in [0.15, 0.2) is 5.11 Å². The van der Waals surface area contributed by atoms with Gasteiger partial charge in [-0.1, -0.05) is 54.1 Å². The van der Waals surface area contributed by atoms with Gasteiger partial charge in [-0.05, 0) is 80.0 Å². The lowest BCUT2D eigenvalue weighted by Crippen LogP contribution is -2.29. The number of rotatable bonds is 5. The van der Waals surface area contributed by atoms with E-state index in [0.717, 1.165) is 33.8 Å². The second-order valence-electron chi connectivity index (χ2n) is 8.83. The molecule has 172 valence electrons. The first-order valence-corrected chi connectivity index (χ1v) is 12.2. The van der Waals surface area contributed by atoms with Crippen LogP contribution in [-0.4, -0.2) is 19.6 Å². The number of hydrogen-bond acceptors (Lipinski definition) is 2. The van der Waals surface area contributed by atoms with Gasteiger partial charge in [-0.2, -0.15) is 0 Å². The molecule has 34 heavy (non-hydrogen) atoms. The summed E-state index contributed by atoms with van der Waals surface area (Å²) in [5, 5.41) is 5.05. The Hall–Kier alpha value is -3.15. The van der Waals surface area contributed by atoms with Gasteiger partial charge in [-0.25, -0.2) is 0 Å². The van der Waals surface area contributed by atoms with Gasteiger partial charge in [-0.3, -0.25) is 4.98 Å². The molecule has 0 unspecified atom stereocenters. The minimum atomic E-state index is -0.0492.